The summed E-state index contributed by atoms with van der Waals surface area (Å²) in [4.78, 5) is 13.8. The van der Waals surface area contributed by atoms with Gasteiger partial charge in [-0.05, 0) is 53.2 Å². The number of carboxylic acid groups (broad SMARTS) is 1. The smallest absolute Gasteiger partial charge is 0.323 e. The van der Waals surface area contributed by atoms with Gasteiger partial charge in [0.15, 0.2) is 0 Å². The maximum atomic E-state index is 11.6. The van der Waals surface area contributed by atoms with Crippen LogP contribution in [0.15, 0.2) is 24.3 Å². The van der Waals surface area contributed by atoms with E-state index in [9.17, 15) is 9.90 Å². The van der Waals surface area contributed by atoms with Crippen molar-refractivity contribution in [3.8, 4) is 0 Å². The first-order valence-corrected chi connectivity index (χ1v) is 7.61. The van der Waals surface area contributed by atoms with E-state index in [1.807, 2.05) is 13.8 Å². The largest absolute Gasteiger partial charge is 0.480 e. The molecule has 0 aliphatic heterocycles. The van der Waals surface area contributed by atoms with E-state index >= 15 is 0 Å². The van der Waals surface area contributed by atoms with Gasteiger partial charge in [0, 0.05) is 24.8 Å². The van der Waals surface area contributed by atoms with Gasteiger partial charge < -0.3 is 10.0 Å². The normalized spacial score (nSPS) is 14.0. The molecule has 0 saturated heterocycles. The van der Waals surface area contributed by atoms with Crippen LogP contribution in [0.4, 0.5) is 5.69 Å². The first kappa shape index (κ1) is 17.5. The second-order valence-corrected chi connectivity index (χ2v) is 6.10. The lowest BCUT2D eigenvalue weighted by Crippen LogP contribution is -2.54. The van der Waals surface area contributed by atoms with E-state index in [-0.39, 0.29) is 6.04 Å². The van der Waals surface area contributed by atoms with Gasteiger partial charge >= 0.3 is 5.97 Å². The molecule has 0 aliphatic carbocycles. The maximum Gasteiger partial charge on any atom is 0.323 e. The third kappa shape index (κ3) is 5.05. The van der Waals surface area contributed by atoms with Crippen LogP contribution in [0.2, 0.25) is 0 Å². The third-order valence-corrected chi connectivity index (χ3v) is 3.74. The lowest BCUT2D eigenvalue weighted by atomic mass is 9.96. The standard InChI is InChI=1S/C17H28N2O2/c1-6-19(15-9-7-14(4)8-10-15)12-11-17(5,16(20)21)18-13(2)3/h7-10,13,18H,6,11-12H2,1-5H3,(H,20,21). The van der Waals surface area contributed by atoms with Gasteiger partial charge in [-0.1, -0.05) is 17.7 Å². The first-order chi connectivity index (χ1) is 9.78. The number of nitrogens with zero attached hydrogens (tertiary/aromatic N) is 1. The molecule has 1 aromatic rings. The van der Waals surface area contributed by atoms with E-state index in [1.165, 1.54) is 5.56 Å². The average molecular weight is 292 g/mol. The Hall–Kier alpha value is -1.55. The lowest BCUT2D eigenvalue weighted by molar-refractivity contribution is -0.144. The van der Waals surface area contributed by atoms with E-state index in [4.69, 9.17) is 0 Å². The zero-order valence-electron chi connectivity index (χ0n) is 13.8. The number of carboxylic acids is 1. The van der Waals surface area contributed by atoms with Crippen LogP contribution in [-0.4, -0.2) is 35.7 Å². The van der Waals surface area contributed by atoms with Crippen LogP contribution < -0.4 is 10.2 Å². The molecule has 4 heteroatoms. The van der Waals surface area contributed by atoms with Crippen molar-refractivity contribution in [1.29, 1.82) is 0 Å². The second kappa shape index (κ2) is 7.46. The zero-order chi connectivity index (χ0) is 16.0. The quantitative estimate of drug-likeness (QED) is 0.773. The predicted octanol–water partition coefficient (Wildman–Crippen LogP) is 3.05. The van der Waals surface area contributed by atoms with Crippen molar-refractivity contribution in [2.75, 3.05) is 18.0 Å². The Morgan fingerprint density at radius 1 is 1.33 bits per heavy atom. The van der Waals surface area contributed by atoms with Gasteiger partial charge in [0.25, 0.3) is 0 Å². The molecule has 0 aliphatic rings. The Bertz CT molecular complexity index is 456. The minimum atomic E-state index is -0.897. The minimum absolute atomic E-state index is 0.139. The monoisotopic (exact) mass is 292 g/mol. The number of aliphatic carboxylic acids is 1. The van der Waals surface area contributed by atoms with Crippen LogP contribution >= 0.6 is 0 Å². The van der Waals surface area contributed by atoms with Gasteiger partial charge in [0.05, 0.1) is 0 Å². The van der Waals surface area contributed by atoms with E-state index in [0.717, 1.165) is 12.2 Å². The van der Waals surface area contributed by atoms with Gasteiger partial charge in [-0.2, -0.15) is 0 Å². The van der Waals surface area contributed by atoms with Crippen molar-refractivity contribution in [2.45, 2.75) is 52.6 Å². The van der Waals surface area contributed by atoms with Gasteiger partial charge in [-0.25, -0.2) is 0 Å². The molecule has 0 heterocycles. The summed E-state index contributed by atoms with van der Waals surface area (Å²) in [5.41, 5.74) is 1.47. The highest BCUT2D eigenvalue weighted by Crippen LogP contribution is 2.18. The maximum absolute atomic E-state index is 11.6. The fourth-order valence-corrected chi connectivity index (χ4v) is 2.46. The van der Waals surface area contributed by atoms with Crippen molar-refractivity contribution < 1.29 is 9.90 Å². The summed E-state index contributed by atoms with van der Waals surface area (Å²) >= 11 is 0. The van der Waals surface area contributed by atoms with Crippen LogP contribution in [0.1, 0.15) is 39.7 Å². The molecule has 0 saturated carbocycles. The Morgan fingerprint density at radius 3 is 2.33 bits per heavy atom. The molecule has 1 atom stereocenters. The topological polar surface area (TPSA) is 52.6 Å². The summed E-state index contributed by atoms with van der Waals surface area (Å²) in [7, 11) is 0. The highest BCUT2D eigenvalue weighted by Gasteiger charge is 2.33. The molecule has 4 nitrogen and oxygen atoms in total. The molecule has 1 aromatic carbocycles. The highest BCUT2D eigenvalue weighted by molar-refractivity contribution is 5.78. The van der Waals surface area contributed by atoms with Crippen LogP contribution in [0.3, 0.4) is 0 Å². The molecule has 0 bridgehead atoms. The van der Waals surface area contributed by atoms with E-state index < -0.39 is 11.5 Å². The van der Waals surface area contributed by atoms with Gasteiger partial charge in [-0.15, -0.1) is 0 Å². The fourth-order valence-electron chi connectivity index (χ4n) is 2.46. The Balaban J connectivity index is 2.76. The Kier molecular flexibility index (Phi) is 6.21. The number of nitrogens with one attached hydrogen (secondary N) is 1. The first-order valence-electron chi connectivity index (χ1n) is 7.61. The predicted molar refractivity (Wildman–Crippen MR) is 88.0 cm³/mol. The molecule has 1 unspecified atom stereocenters. The molecule has 2 N–H and O–H groups in total. The molecule has 1 rings (SSSR count). The number of benzene rings is 1. The van der Waals surface area contributed by atoms with E-state index in [2.05, 4.69) is 48.3 Å². The number of aryl methyl sites for hydroxylation is 1. The summed E-state index contributed by atoms with van der Waals surface area (Å²) in [6.07, 6.45) is 0.558. The lowest BCUT2D eigenvalue weighted by Gasteiger charge is -2.32. The number of carbonyl (C=O) groups is 1. The number of anilines is 1. The summed E-state index contributed by atoms with van der Waals surface area (Å²) in [5, 5.41) is 12.7. The van der Waals surface area contributed by atoms with Gasteiger partial charge in [0.2, 0.25) is 0 Å². The van der Waals surface area contributed by atoms with Gasteiger partial charge in [-0.3, -0.25) is 10.1 Å². The molecule has 0 fully saturated rings. The molecule has 0 amide bonds. The van der Waals surface area contributed by atoms with E-state index in [1.54, 1.807) is 6.92 Å². The van der Waals surface area contributed by atoms with Crippen molar-refractivity contribution >= 4 is 11.7 Å². The molecule has 0 spiro atoms. The number of rotatable bonds is 8. The molecule has 0 radical (unpaired) electrons. The van der Waals surface area contributed by atoms with Crippen LogP contribution in [0, 0.1) is 6.92 Å². The minimum Gasteiger partial charge on any atom is -0.480 e. The molecular weight excluding hydrogens is 264 g/mol. The molecule has 118 valence electrons. The SMILES string of the molecule is CCN(CCC(C)(NC(C)C)C(=O)O)c1ccc(C)cc1. The fraction of sp³-hybridized carbons (Fsp3) is 0.588. The Morgan fingerprint density at radius 2 is 1.90 bits per heavy atom. The summed E-state index contributed by atoms with van der Waals surface area (Å²) in [6.45, 7) is 11.4. The van der Waals surface area contributed by atoms with E-state index in [0.29, 0.717) is 13.0 Å². The number of hydrogen-bond acceptors (Lipinski definition) is 3. The van der Waals surface area contributed by atoms with Crippen LogP contribution in [-0.2, 0) is 4.79 Å². The second-order valence-electron chi connectivity index (χ2n) is 6.10. The van der Waals surface area contributed by atoms with Crippen molar-refractivity contribution in [2.24, 2.45) is 0 Å². The van der Waals surface area contributed by atoms with Crippen molar-refractivity contribution in [1.82, 2.24) is 5.32 Å². The summed E-state index contributed by atoms with van der Waals surface area (Å²) in [5.74, 6) is -0.795. The molecule has 21 heavy (non-hydrogen) atoms. The van der Waals surface area contributed by atoms with Crippen LogP contribution in [0.25, 0.3) is 0 Å². The number of hydrogen-bond donors (Lipinski definition) is 2. The average Bonchev–Trinajstić information content (AvgIpc) is 2.40. The Labute approximate surface area is 128 Å². The van der Waals surface area contributed by atoms with Crippen molar-refractivity contribution in [3.63, 3.8) is 0 Å². The highest BCUT2D eigenvalue weighted by atomic mass is 16.4. The van der Waals surface area contributed by atoms with Crippen molar-refractivity contribution in [3.05, 3.63) is 29.8 Å². The third-order valence-electron chi connectivity index (χ3n) is 3.74. The zero-order valence-corrected chi connectivity index (χ0v) is 13.8. The molecular formula is C17H28N2O2. The summed E-state index contributed by atoms with van der Waals surface area (Å²) in [6, 6.07) is 8.49. The van der Waals surface area contributed by atoms with Gasteiger partial charge in [0.1, 0.15) is 5.54 Å². The molecule has 0 aromatic heterocycles. The van der Waals surface area contributed by atoms with Crippen LogP contribution in [0.5, 0.6) is 0 Å². The summed E-state index contributed by atoms with van der Waals surface area (Å²) < 4.78 is 0.